The minimum absolute atomic E-state index is 0.00292. The van der Waals surface area contributed by atoms with Crippen molar-refractivity contribution in [3.63, 3.8) is 0 Å². The second kappa shape index (κ2) is 4.10. The van der Waals surface area contributed by atoms with Crippen molar-refractivity contribution in [3.05, 3.63) is 0 Å². The first-order valence-corrected chi connectivity index (χ1v) is 5.33. The number of ether oxygens (including phenoxy) is 1. The zero-order valence-corrected chi connectivity index (χ0v) is 9.96. The van der Waals surface area contributed by atoms with Gasteiger partial charge in [-0.3, -0.25) is 4.79 Å². The van der Waals surface area contributed by atoms with Crippen LogP contribution in [0.1, 0.15) is 26.7 Å². The molecule has 0 radical (unpaired) electrons. The van der Waals surface area contributed by atoms with E-state index in [1.807, 2.05) is 0 Å². The van der Waals surface area contributed by atoms with Crippen LogP contribution in [-0.2, 0) is 9.53 Å². The van der Waals surface area contributed by atoms with Crippen molar-refractivity contribution < 1.29 is 14.6 Å². The zero-order valence-electron chi connectivity index (χ0n) is 9.96. The van der Waals surface area contributed by atoms with Gasteiger partial charge < -0.3 is 15.2 Å². The van der Waals surface area contributed by atoms with Crippen LogP contribution in [0.3, 0.4) is 0 Å². The molecule has 0 bridgehead atoms. The SMILES string of the molecule is CNC1(C(=O)OC)CCC(C)(C)C1CO. The number of rotatable bonds is 3. The van der Waals surface area contributed by atoms with Crippen LogP contribution in [0, 0.1) is 11.3 Å². The fourth-order valence-electron chi connectivity index (χ4n) is 2.77. The molecule has 4 nitrogen and oxygen atoms in total. The molecule has 0 aromatic rings. The van der Waals surface area contributed by atoms with Gasteiger partial charge in [-0.2, -0.15) is 0 Å². The van der Waals surface area contributed by atoms with E-state index in [-0.39, 0.29) is 23.9 Å². The Labute approximate surface area is 91.0 Å². The molecule has 0 saturated heterocycles. The van der Waals surface area contributed by atoms with Gasteiger partial charge in [0.1, 0.15) is 5.54 Å². The molecule has 0 heterocycles. The van der Waals surface area contributed by atoms with Crippen LogP contribution in [0.4, 0.5) is 0 Å². The lowest BCUT2D eigenvalue weighted by Crippen LogP contribution is -2.56. The molecule has 2 atom stereocenters. The molecule has 1 rings (SSSR count). The third-order valence-corrected chi connectivity index (χ3v) is 3.88. The van der Waals surface area contributed by atoms with E-state index in [9.17, 15) is 9.90 Å². The number of hydrogen-bond donors (Lipinski definition) is 2. The largest absolute Gasteiger partial charge is 0.468 e. The van der Waals surface area contributed by atoms with Gasteiger partial charge in [0.2, 0.25) is 0 Å². The predicted molar refractivity (Wildman–Crippen MR) is 57.4 cm³/mol. The van der Waals surface area contributed by atoms with E-state index < -0.39 is 5.54 Å². The zero-order chi connectivity index (χ0) is 11.7. The van der Waals surface area contributed by atoms with Gasteiger partial charge in [-0.15, -0.1) is 0 Å². The van der Waals surface area contributed by atoms with Crippen LogP contribution >= 0.6 is 0 Å². The summed E-state index contributed by atoms with van der Waals surface area (Å²) in [5.41, 5.74) is -0.751. The Bertz CT molecular complexity index is 252. The Balaban J connectivity index is 3.05. The van der Waals surface area contributed by atoms with Gasteiger partial charge in [0.05, 0.1) is 7.11 Å². The normalized spacial score (nSPS) is 34.1. The minimum atomic E-state index is -0.715. The molecule has 88 valence electrons. The number of carbonyl (C=O) groups is 1. The lowest BCUT2D eigenvalue weighted by atomic mass is 9.75. The first-order valence-electron chi connectivity index (χ1n) is 5.33. The number of carbonyl (C=O) groups excluding carboxylic acids is 1. The van der Waals surface area contributed by atoms with Crippen LogP contribution < -0.4 is 5.32 Å². The Morgan fingerprint density at radius 3 is 2.53 bits per heavy atom. The van der Waals surface area contributed by atoms with Gasteiger partial charge in [-0.05, 0) is 25.3 Å². The lowest BCUT2D eigenvalue weighted by Gasteiger charge is -2.36. The van der Waals surface area contributed by atoms with Gasteiger partial charge in [0.25, 0.3) is 0 Å². The van der Waals surface area contributed by atoms with Crippen molar-refractivity contribution >= 4 is 5.97 Å². The molecule has 4 heteroatoms. The fraction of sp³-hybridized carbons (Fsp3) is 0.909. The highest BCUT2D eigenvalue weighted by Crippen LogP contribution is 2.48. The standard InChI is InChI=1S/C11H21NO3/c1-10(2)5-6-11(12-3,8(10)7-13)9(14)15-4/h8,12-13H,5-7H2,1-4H3. The van der Waals surface area contributed by atoms with Crippen molar-refractivity contribution in [1.82, 2.24) is 5.32 Å². The number of methoxy groups -OCH3 is 1. The highest BCUT2D eigenvalue weighted by atomic mass is 16.5. The molecular weight excluding hydrogens is 194 g/mol. The molecule has 0 aromatic heterocycles. The summed E-state index contributed by atoms with van der Waals surface area (Å²) in [6.45, 7) is 4.16. The third-order valence-electron chi connectivity index (χ3n) is 3.88. The summed E-state index contributed by atoms with van der Waals surface area (Å²) in [5, 5.41) is 12.5. The molecule has 1 saturated carbocycles. The van der Waals surface area contributed by atoms with E-state index in [0.29, 0.717) is 6.42 Å². The maximum absolute atomic E-state index is 11.8. The van der Waals surface area contributed by atoms with Crippen LogP contribution in [0.15, 0.2) is 0 Å². The molecule has 15 heavy (non-hydrogen) atoms. The van der Waals surface area contributed by atoms with Gasteiger partial charge in [0, 0.05) is 12.5 Å². The van der Waals surface area contributed by atoms with Crippen LogP contribution in [0.2, 0.25) is 0 Å². The maximum Gasteiger partial charge on any atom is 0.326 e. The Hall–Kier alpha value is -0.610. The maximum atomic E-state index is 11.8. The summed E-state index contributed by atoms with van der Waals surface area (Å²) in [7, 11) is 3.14. The van der Waals surface area contributed by atoms with E-state index in [4.69, 9.17) is 4.74 Å². The van der Waals surface area contributed by atoms with Crippen LogP contribution in [-0.4, -0.2) is 37.4 Å². The number of aliphatic hydroxyl groups excluding tert-OH is 1. The first-order chi connectivity index (χ1) is 6.94. The van der Waals surface area contributed by atoms with Gasteiger partial charge >= 0.3 is 5.97 Å². The van der Waals surface area contributed by atoms with Crippen LogP contribution in [0.25, 0.3) is 0 Å². The number of nitrogens with one attached hydrogen (secondary N) is 1. The molecule has 1 fully saturated rings. The van der Waals surface area contributed by atoms with Gasteiger partial charge in [-0.25, -0.2) is 0 Å². The number of likely N-dealkylation sites (N-methyl/N-ethyl adjacent to an activating group) is 1. The minimum Gasteiger partial charge on any atom is -0.468 e. The summed E-state index contributed by atoms with van der Waals surface area (Å²) >= 11 is 0. The molecular formula is C11H21NO3. The van der Waals surface area contributed by atoms with Gasteiger partial charge in [-0.1, -0.05) is 13.8 Å². The highest BCUT2D eigenvalue weighted by Gasteiger charge is 2.56. The summed E-state index contributed by atoms with van der Waals surface area (Å²) in [5.74, 6) is -0.364. The van der Waals surface area contributed by atoms with E-state index in [1.165, 1.54) is 7.11 Å². The monoisotopic (exact) mass is 215 g/mol. The molecule has 0 aromatic carbocycles. The molecule has 0 spiro atoms. The smallest absolute Gasteiger partial charge is 0.326 e. The highest BCUT2D eigenvalue weighted by molar-refractivity contribution is 5.82. The Morgan fingerprint density at radius 1 is 1.53 bits per heavy atom. The van der Waals surface area contributed by atoms with E-state index in [0.717, 1.165) is 6.42 Å². The van der Waals surface area contributed by atoms with E-state index in [1.54, 1.807) is 7.05 Å². The third kappa shape index (κ3) is 1.76. The predicted octanol–water partition coefficient (Wildman–Crippen LogP) is 0.546. The number of aliphatic hydroxyl groups is 1. The molecule has 2 N–H and O–H groups in total. The summed E-state index contributed by atoms with van der Waals surface area (Å²) in [4.78, 5) is 11.8. The van der Waals surface area contributed by atoms with E-state index >= 15 is 0 Å². The molecule has 1 aliphatic carbocycles. The fourth-order valence-corrected chi connectivity index (χ4v) is 2.77. The first kappa shape index (κ1) is 12.5. The van der Waals surface area contributed by atoms with Crippen LogP contribution in [0.5, 0.6) is 0 Å². The Morgan fingerprint density at radius 2 is 2.13 bits per heavy atom. The summed E-state index contributed by atoms with van der Waals surface area (Å²) in [6.07, 6.45) is 1.63. The second-order valence-electron chi connectivity index (χ2n) is 4.94. The summed E-state index contributed by atoms with van der Waals surface area (Å²) in [6, 6.07) is 0. The average molecular weight is 215 g/mol. The lowest BCUT2D eigenvalue weighted by molar-refractivity contribution is -0.152. The average Bonchev–Trinajstić information content (AvgIpc) is 2.49. The molecule has 2 unspecified atom stereocenters. The van der Waals surface area contributed by atoms with Crippen molar-refractivity contribution in [2.45, 2.75) is 32.2 Å². The van der Waals surface area contributed by atoms with Crippen molar-refractivity contribution in [2.75, 3.05) is 20.8 Å². The van der Waals surface area contributed by atoms with Gasteiger partial charge in [0.15, 0.2) is 0 Å². The molecule has 1 aliphatic rings. The topological polar surface area (TPSA) is 58.6 Å². The van der Waals surface area contributed by atoms with E-state index in [2.05, 4.69) is 19.2 Å². The molecule has 0 amide bonds. The Kier molecular flexibility index (Phi) is 3.41. The summed E-state index contributed by atoms with van der Waals surface area (Å²) < 4.78 is 4.84. The molecule has 0 aliphatic heterocycles. The quantitative estimate of drug-likeness (QED) is 0.675. The number of esters is 1. The van der Waals surface area contributed by atoms with Crippen molar-refractivity contribution in [2.24, 2.45) is 11.3 Å². The second-order valence-corrected chi connectivity index (χ2v) is 4.94. The van der Waals surface area contributed by atoms with Crippen molar-refractivity contribution in [1.29, 1.82) is 0 Å². The number of hydrogen-bond acceptors (Lipinski definition) is 4. The van der Waals surface area contributed by atoms with Crippen molar-refractivity contribution in [3.8, 4) is 0 Å².